The van der Waals surface area contributed by atoms with E-state index < -0.39 is 0 Å². The Kier molecular flexibility index (Phi) is 5.86. The second kappa shape index (κ2) is 8.88. The zero-order valence-corrected chi connectivity index (χ0v) is 17.2. The Morgan fingerprint density at radius 1 is 0.967 bits per heavy atom. The Bertz CT molecular complexity index is 1200. The summed E-state index contributed by atoms with van der Waals surface area (Å²) in [7, 11) is 1.57. The first-order chi connectivity index (χ1) is 14.6. The van der Waals surface area contributed by atoms with E-state index in [0.717, 1.165) is 16.6 Å². The molecule has 150 valence electrons. The van der Waals surface area contributed by atoms with Gasteiger partial charge in [0.1, 0.15) is 5.75 Å². The van der Waals surface area contributed by atoms with Crippen molar-refractivity contribution in [1.82, 2.24) is 4.98 Å². The van der Waals surface area contributed by atoms with Crippen molar-refractivity contribution in [3.63, 3.8) is 0 Å². The third kappa shape index (κ3) is 4.55. The van der Waals surface area contributed by atoms with Crippen LogP contribution in [0.15, 0.2) is 72.1 Å². The molecular formula is C24H20N2O3S. The first kappa shape index (κ1) is 19.8. The lowest BCUT2D eigenvalue weighted by atomic mass is 10.1. The maximum atomic E-state index is 12.3. The van der Waals surface area contributed by atoms with Gasteiger partial charge >= 0.3 is 0 Å². The SMILES string of the molecule is COc1ccc(C(=O)CCC(=O)Nc2nc(-c3ccc4ccccc4c3)cs2)cc1. The lowest BCUT2D eigenvalue weighted by Gasteiger charge is -2.04. The van der Waals surface area contributed by atoms with Gasteiger partial charge in [-0.1, -0.05) is 36.4 Å². The van der Waals surface area contributed by atoms with E-state index in [0.29, 0.717) is 16.4 Å². The average Bonchev–Trinajstić information content (AvgIpc) is 3.25. The largest absolute Gasteiger partial charge is 0.497 e. The number of nitrogens with one attached hydrogen (secondary N) is 1. The van der Waals surface area contributed by atoms with Crippen molar-refractivity contribution in [2.24, 2.45) is 0 Å². The highest BCUT2D eigenvalue weighted by molar-refractivity contribution is 7.14. The van der Waals surface area contributed by atoms with Crippen LogP contribution < -0.4 is 10.1 Å². The van der Waals surface area contributed by atoms with Gasteiger partial charge in [-0.3, -0.25) is 9.59 Å². The summed E-state index contributed by atoms with van der Waals surface area (Å²) in [6, 6.07) is 21.2. The van der Waals surface area contributed by atoms with Gasteiger partial charge in [0.2, 0.25) is 5.91 Å². The van der Waals surface area contributed by atoms with Gasteiger partial charge in [0.15, 0.2) is 10.9 Å². The number of hydrogen-bond acceptors (Lipinski definition) is 5. The molecule has 3 aromatic carbocycles. The predicted molar refractivity (Wildman–Crippen MR) is 120 cm³/mol. The normalized spacial score (nSPS) is 10.7. The number of ketones is 1. The molecule has 0 aliphatic heterocycles. The molecule has 30 heavy (non-hydrogen) atoms. The number of thiazole rings is 1. The van der Waals surface area contributed by atoms with Crippen LogP contribution in [0.25, 0.3) is 22.0 Å². The Labute approximate surface area is 178 Å². The van der Waals surface area contributed by atoms with E-state index in [1.807, 2.05) is 23.6 Å². The maximum absolute atomic E-state index is 12.3. The number of carbonyl (C=O) groups excluding carboxylic acids is 2. The lowest BCUT2D eigenvalue weighted by Crippen LogP contribution is -2.13. The number of Topliss-reactive ketones (excluding diaryl/α,β-unsaturated/α-hetero) is 1. The van der Waals surface area contributed by atoms with Gasteiger partial charge in [-0.2, -0.15) is 0 Å². The Morgan fingerprint density at radius 2 is 1.73 bits per heavy atom. The van der Waals surface area contributed by atoms with E-state index in [2.05, 4.69) is 34.6 Å². The first-order valence-corrected chi connectivity index (χ1v) is 10.4. The number of aromatic nitrogens is 1. The summed E-state index contributed by atoms with van der Waals surface area (Å²) in [6.07, 6.45) is 0.247. The lowest BCUT2D eigenvalue weighted by molar-refractivity contribution is -0.116. The highest BCUT2D eigenvalue weighted by Gasteiger charge is 2.12. The minimum absolute atomic E-state index is 0.0798. The van der Waals surface area contributed by atoms with E-state index in [-0.39, 0.29) is 24.5 Å². The fourth-order valence-electron chi connectivity index (χ4n) is 3.14. The smallest absolute Gasteiger partial charge is 0.226 e. The average molecular weight is 417 g/mol. The van der Waals surface area contributed by atoms with Gasteiger partial charge < -0.3 is 10.1 Å². The number of rotatable bonds is 7. The quantitative estimate of drug-likeness (QED) is 0.400. The van der Waals surface area contributed by atoms with Crippen molar-refractivity contribution in [2.75, 3.05) is 12.4 Å². The standard InChI is InChI=1S/C24H20N2O3S/c1-29-20-10-8-17(9-11-20)22(27)12-13-23(28)26-24-25-21(15-30-24)19-7-6-16-4-2-3-5-18(16)14-19/h2-11,14-15H,12-13H2,1H3,(H,25,26,28). The highest BCUT2D eigenvalue weighted by Crippen LogP contribution is 2.28. The number of hydrogen-bond donors (Lipinski definition) is 1. The highest BCUT2D eigenvalue weighted by atomic mass is 32.1. The molecule has 1 aromatic heterocycles. The summed E-state index contributed by atoms with van der Waals surface area (Å²) in [6.45, 7) is 0. The number of nitrogens with zero attached hydrogens (tertiary/aromatic N) is 1. The van der Waals surface area contributed by atoms with E-state index >= 15 is 0 Å². The number of fused-ring (bicyclic) bond motifs is 1. The molecule has 6 heteroatoms. The van der Waals surface area contributed by atoms with Crippen molar-refractivity contribution in [3.05, 3.63) is 77.7 Å². The van der Waals surface area contributed by atoms with Crippen molar-refractivity contribution < 1.29 is 14.3 Å². The number of benzene rings is 3. The van der Waals surface area contributed by atoms with Crippen LogP contribution in [0.4, 0.5) is 5.13 Å². The summed E-state index contributed by atoms with van der Waals surface area (Å²) in [4.78, 5) is 29.0. The molecule has 5 nitrogen and oxygen atoms in total. The summed E-state index contributed by atoms with van der Waals surface area (Å²) in [5, 5.41) is 7.55. The summed E-state index contributed by atoms with van der Waals surface area (Å²) in [5.74, 6) is 0.385. The van der Waals surface area contributed by atoms with Crippen LogP contribution in [-0.2, 0) is 4.79 Å². The zero-order valence-electron chi connectivity index (χ0n) is 16.4. The van der Waals surface area contributed by atoms with E-state index in [1.165, 1.54) is 16.7 Å². The minimum atomic E-state index is -0.226. The molecule has 4 aromatic rings. The second-order valence-electron chi connectivity index (χ2n) is 6.80. The van der Waals surface area contributed by atoms with Crippen molar-refractivity contribution in [3.8, 4) is 17.0 Å². The van der Waals surface area contributed by atoms with Crippen molar-refractivity contribution in [2.45, 2.75) is 12.8 Å². The molecule has 4 rings (SSSR count). The molecule has 1 amide bonds. The van der Waals surface area contributed by atoms with Gasteiger partial charge in [0.25, 0.3) is 0 Å². The second-order valence-corrected chi connectivity index (χ2v) is 7.66. The van der Waals surface area contributed by atoms with Gasteiger partial charge in [-0.15, -0.1) is 11.3 Å². The van der Waals surface area contributed by atoms with Gasteiger partial charge in [0.05, 0.1) is 12.8 Å². The molecule has 0 unspecified atom stereocenters. The predicted octanol–water partition coefficient (Wildman–Crippen LogP) is 5.57. The van der Waals surface area contributed by atoms with Crippen molar-refractivity contribution in [1.29, 1.82) is 0 Å². The van der Waals surface area contributed by atoms with Crippen LogP contribution >= 0.6 is 11.3 Å². The number of carbonyl (C=O) groups is 2. The third-order valence-corrected chi connectivity index (χ3v) is 5.54. The number of anilines is 1. The number of methoxy groups -OCH3 is 1. The molecule has 0 aliphatic carbocycles. The zero-order chi connectivity index (χ0) is 20.9. The fourth-order valence-corrected chi connectivity index (χ4v) is 3.88. The Morgan fingerprint density at radius 3 is 2.50 bits per heavy atom. The molecule has 0 atom stereocenters. The van der Waals surface area contributed by atoms with Gasteiger partial charge in [0, 0.05) is 29.3 Å². The van der Waals surface area contributed by atoms with Gasteiger partial charge in [-0.25, -0.2) is 4.98 Å². The minimum Gasteiger partial charge on any atom is -0.497 e. The Hall–Kier alpha value is -3.51. The van der Waals surface area contributed by atoms with Crippen molar-refractivity contribution >= 4 is 38.9 Å². The van der Waals surface area contributed by atoms with Gasteiger partial charge in [-0.05, 0) is 41.1 Å². The van der Waals surface area contributed by atoms with Crippen LogP contribution in [-0.4, -0.2) is 23.8 Å². The fraction of sp³-hybridized carbons (Fsp3) is 0.125. The molecule has 0 bridgehead atoms. The van der Waals surface area contributed by atoms with E-state index in [4.69, 9.17) is 4.74 Å². The number of ether oxygens (including phenoxy) is 1. The summed E-state index contributed by atoms with van der Waals surface area (Å²) in [5.41, 5.74) is 2.38. The summed E-state index contributed by atoms with van der Waals surface area (Å²) >= 11 is 1.37. The van der Waals surface area contributed by atoms with Crippen LogP contribution in [0.5, 0.6) is 5.75 Å². The molecule has 0 radical (unpaired) electrons. The molecule has 0 aliphatic rings. The molecule has 0 saturated heterocycles. The Balaban J connectivity index is 1.35. The first-order valence-electron chi connectivity index (χ1n) is 9.54. The molecular weight excluding hydrogens is 396 g/mol. The van der Waals surface area contributed by atoms with E-state index in [9.17, 15) is 9.59 Å². The topological polar surface area (TPSA) is 68.3 Å². The maximum Gasteiger partial charge on any atom is 0.226 e. The van der Waals surface area contributed by atoms with E-state index in [1.54, 1.807) is 31.4 Å². The van der Waals surface area contributed by atoms with Crippen LogP contribution in [0, 0.1) is 0 Å². The number of amides is 1. The molecule has 0 fully saturated rings. The molecule has 1 heterocycles. The molecule has 0 saturated carbocycles. The van der Waals surface area contributed by atoms with Crippen LogP contribution in [0.3, 0.4) is 0 Å². The molecule has 0 spiro atoms. The summed E-state index contributed by atoms with van der Waals surface area (Å²) < 4.78 is 5.09. The van der Waals surface area contributed by atoms with Crippen LogP contribution in [0.2, 0.25) is 0 Å². The third-order valence-electron chi connectivity index (χ3n) is 4.79. The molecule has 1 N–H and O–H groups in total. The monoisotopic (exact) mass is 416 g/mol. The van der Waals surface area contributed by atoms with Crippen LogP contribution in [0.1, 0.15) is 23.2 Å².